The number of hydrogen-bond donors (Lipinski definition) is 1. The van der Waals surface area contributed by atoms with Crippen molar-refractivity contribution in [1.82, 2.24) is 24.8 Å². The first-order valence-electron chi connectivity index (χ1n) is 9.11. The molecule has 1 amide bonds. The topological polar surface area (TPSA) is 63.1 Å². The predicted octanol–water partition coefficient (Wildman–Crippen LogP) is 2.47. The van der Waals surface area contributed by atoms with Gasteiger partial charge in [-0.1, -0.05) is 11.8 Å². The largest absolute Gasteiger partial charge is 0.352 e. The lowest BCUT2D eigenvalue weighted by Gasteiger charge is -2.29. The molecule has 0 aromatic carbocycles. The molecule has 7 heteroatoms. The van der Waals surface area contributed by atoms with E-state index in [4.69, 9.17) is 0 Å². The summed E-state index contributed by atoms with van der Waals surface area (Å²) in [5.41, 5.74) is 1.17. The number of nitrogens with zero attached hydrogens (tertiary/aromatic N) is 4. The highest BCUT2D eigenvalue weighted by molar-refractivity contribution is 7.99. The lowest BCUT2D eigenvalue weighted by molar-refractivity contribution is -0.122. The molecule has 0 bridgehead atoms. The maximum absolute atomic E-state index is 12.3. The fraction of sp³-hybridized carbons (Fsp3) is 0.526. The number of aromatic nitrogens is 3. The van der Waals surface area contributed by atoms with Crippen LogP contribution in [0.3, 0.4) is 0 Å². The number of imidazole rings is 1. The van der Waals surface area contributed by atoms with Crippen molar-refractivity contribution in [3.8, 4) is 0 Å². The Balaban J connectivity index is 1.37. The van der Waals surface area contributed by atoms with Crippen LogP contribution >= 0.6 is 11.8 Å². The molecule has 0 aliphatic heterocycles. The van der Waals surface area contributed by atoms with Crippen LogP contribution < -0.4 is 5.32 Å². The summed E-state index contributed by atoms with van der Waals surface area (Å²) >= 11 is 1.86. The molecule has 0 atom stereocenters. The summed E-state index contributed by atoms with van der Waals surface area (Å²) in [6.07, 6.45) is 11.7. The summed E-state index contributed by atoms with van der Waals surface area (Å²) in [6.45, 7) is 1.17. The lowest BCUT2D eigenvalue weighted by atomic mass is 9.95. The first-order valence-corrected chi connectivity index (χ1v) is 9.99. The van der Waals surface area contributed by atoms with Gasteiger partial charge in [-0.15, -0.1) is 0 Å². The van der Waals surface area contributed by atoms with E-state index in [0.29, 0.717) is 17.8 Å². The second kappa shape index (κ2) is 9.19. The van der Waals surface area contributed by atoms with Crippen molar-refractivity contribution in [3.05, 3.63) is 42.5 Å². The van der Waals surface area contributed by atoms with Crippen LogP contribution in [0.25, 0.3) is 0 Å². The smallest absolute Gasteiger partial charge is 0.234 e. The summed E-state index contributed by atoms with van der Waals surface area (Å²) in [6, 6.07) is 4.26. The van der Waals surface area contributed by atoms with Gasteiger partial charge in [-0.3, -0.25) is 14.7 Å². The number of amides is 1. The molecule has 2 heterocycles. The van der Waals surface area contributed by atoms with Crippen molar-refractivity contribution in [2.75, 3.05) is 13.6 Å². The second-order valence-electron chi connectivity index (χ2n) is 7.01. The van der Waals surface area contributed by atoms with Crippen LogP contribution in [0.15, 0.2) is 42.1 Å². The Morgan fingerprint density at radius 1 is 1.27 bits per heavy atom. The lowest BCUT2D eigenvalue weighted by Crippen LogP contribution is -2.42. The van der Waals surface area contributed by atoms with Crippen molar-refractivity contribution in [3.63, 3.8) is 0 Å². The van der Waals surface area contributed by atoms with Crippen LogP contribution in [0.2, 0.25) is 0 Å². The molecular weight excluding hydrogens is 346 g/mol. The van der Waals surface area contributed by atoms with E-state index >= 15 is 0 Å². The van der Waals surface area contributed by atoms with Crippen LogP contribution in [0.5, 0.6) is 0 Å². The first-order chi connectivity index (χ1) is 12.6. The number of likely N-dealkylation sites (N-methyl/N-ethyl adjacent to an activating group) is 1. The minimum absolute atomic E-state index is 0.113. The van der Waals surface area contributed by atoms with Gasteiger partial charge in [0.1, 0.15) is 0 Å². The standard InChI is InChI=1S/C19H27N5OS/c1-23(13-15-7-9-20-10-8-15)14-18(25)22-16-3-5-17(6-4-16)26-19-21-11-12-24(19)2/h7-12,16-17H,3-6,13-14H2,1-2H3,(H,22,25). The summed E-state index contributed by atoms with van der Waals surface area (Å²) in [5, 5.41) is 4.88. The Hall–Kier alpha value is -1.86. The zero-order chi connectivity index (χ0) is 18.4. The molecule has 0 saturated heterocycles. The van der Waals surface area contributed by atoms with Crippen LogP contribution in [-0.2, 0) is 18.4 Å². The fourth-order valence-corrected chi connectivity index (χ4v) is 4.47. The molecule has 3 rings (SSSR count). The monoisotopic (exact) mass is 373 g/mol. The molecule has 2 aromatic heterocycles. The molecule has 0 radical (unpaired) electrons. The van der Waals surface area contributed by atoms with Crippen molar-refractivity contribution >= 4 is 17.7 Å². The molecule has 26 heavy (non-hydrogen) atoms. The summed E-state index contributed by atoms with van der Waals surface area (Å²) in [7, 11) is 4.00. The zero-order valence-electron chi connectivity index (χ0n) is 15.5. The highest BCUT2D eigenvalue weighted by Gasteiger charge is 2.24. The van der Waals surface area contributed by atoms with E-state index in [1.165, 1.54) is 5.56 Å². The van der Waals surface area contributed by atoms with E-state index in [9.17, 15) is 4.79 Å². The summed E-state index contributed by atoms with van der Waals surface area (Å²) < 4.78 is 2.07. The van der Waals surface area contributed by atoms with E-state index in [2.05, 4.69) is 19.9 Å². The number of aryl methyl sites for hydroxylation is 1. The van der Waals surface area contributed by atoms with Gasteiger partial charge in [-0.25, -0.2) is 4.98 Å². The molecule has 1 aliphatic rings. The fourth-order valence-electron chi connectivity index (χ4n) is 3.31. The van der Waals surface area contributed by atoms with E-state index < -0.39 is 0 Å². The molecule has 0 unspecified atom stereocenters. The van der Waals surface area contributed by atoms with Crippen molar-refractivity contribution < 1.29 is 4.79 Å². The Morgan fingerprint density at radius 2 is 2.00 bits per heavy atom. The quantitative estimate of drug-likeness (QED) is 0.808. The Morgan fingerprint density at radius 3 is 2.65 bits per heavy atom. The van der Waals surface area contributed by atoms with Crippen molar-refractivity contribution in [2.24, 2.45) is 7.05 Å². The number of hydrogen-bond acceptors (Lipinski definition) is 5. The van der Waals surface area contributed by atoms with Gasteiger partial charge in [0, 0.05) is 49.7 Å². The second-order valence-corrected chi connectivity index (χ2v) is 8.27. The highest BCUT2D eigenvalue weighted by Crippen LogP contribution is 2.32. The van der Waals surface area contributed by atoms with Crippen LogP contribution in [-0.4, -0.2) is 50.2 Å². The predicted molar refractivity (Wildman–Crippen MR) is 104 cm³/mol. The number of nitrogens with one attached hydrogen (secondary N) is 1. The SMILES string of the molecule is CN(CC(=O)NC1CCC(Sc2nccn2C)CC1)Cc1ccncc1. The number of pyridine rings is 1. The molecule has 1 aliphatic carbocycles. The summed E-state index contributed by atoms with van der Waals surface area (Å²) in [4.78, 5) is 22.8. The molecule has 6 nitrogen and oxygen atoms in total. The average Bonchev–Trinajstić information content (AvgIpc) is 3.02. The van der Waals surface area contributed by atoms with E-state index in [1.807, 2.05) is 55.3 Å². The molecule has 0 spiro atoms. The number of carbonyl (C=O) groups excluding carboxylic acids is 1. The Kier molecular flexibility index (Phi) is 6.68. The third-order valence-corrected chi connectivity index (χ3v) is 6.11. The summed E-state index contributed by atoms with van der Waals surface area (Å²) in [5.74, 6) is 0.113. The maximum atomic E-state index is 12.3. The molecule has 1 saturated carbocycles. The highest BCUT2D eigenvalue weighted by atomic mass is 32.2. The Bertz CT molecular complexity index is 697. The average molecular weight is 374 g/mol. The molecule has 2 aromatic rings. The molecular formula is C19H27N5OS. The minimum Gasteiger partial charge on any atom is -0.352 e. The maximum Gasteiger partial charge on any atom is 0.234 e. The van der Waals surface area contributed by atoms with Gasteiger partial charge < -0.3 is 9.88 Å². The van der Waals surface area contributed by atoms with E-state index in [1.54, 1.807) is 12.4 Å². The number of carbonyl (C=O) groups is 1. The van der Waals surface area contributed by atoms with E-state index in [0.717, 1.165) is 37.4 Å². The zero-order valence-corrected chi connectivity index (χ0v) is 16.3. The van der Waals surface area contributed by atoms with Crippen molar-refractivity contribution in [1.29, 1.82) is 0 Å². The number of thioether (sulfide) groups is 1. The van der Waals surface area contributed by atoms with Gasteiger partial charge in [0.15, 0.2) is 5.16 Å². The minimum atomic E-state index is 0.113. The van der Waals surface area contributed by atoms with Gasteiger partial charge >= 0.3 is 0 Å². The van der Waals surface area contributed by atoms with E-state index in [-0.39, 0.29) is 5.91 Å². The van der Waals surface area contributed by atoms with Crippen LogP contribution in [0.4, 0.5) is 0 Å². The Labute approximate surface area is 159 Å². The van der Waals surface area contributed by atoms with Crippen LogP contribution in [0, 0.1) is 0 Å². The van der Waals surface area contributed by atoms with Crippen molar-refractivity contribution in [2.45, 2.75) is 48.7 Å². The first kappa shape index (κ1) is 18.9. The third kappa shape index (κ3) is 5.57. The normalized spacial score (nSPS) is 20.3. The van der Waals surface area contributed by atoms with Gasteiger partial charge in [0.25, 0.3) is 0 Å². The molecule has 140 valence electrons. The van der Waals surface area contributed by atoms with Crippen LogP contribution in [0.1, 0.15) is 31.2 Å². The van der Waals surface area contributed by atoms with Gasteiger partial charge in [0.2, 0.25) is 5.91 Å². The van der Waals surface area contributed by atoms with Gasteiger partial charge in [-0.2, -0.15) is 0 Å². The van der Waals surface area contributed by atoms with Gasteiger partial charge in [0.05, 0.1) is 6.54 Å². The number of rotatable bonds is 7. The van der Waals surface area contributed by atoms with Gasteiger partial charge in [-0.05, 0) is 50.4 Å². The molecule has 1 fully saturated rings. The third-order valence-electron chi connectivity index (χ3n) is 4.70. The molecule has 1 N–H and O–H groups in total.